The average Bonchev–Trinajstić information content (AvgIpc) is 1.67. The summed E-state index contributed by atoms with van der Waals surface area (Å²) in [5, 5.41) is 51.0. The van der Waals surface area contributed by atoms with Crippen LogP contribution >= 0.6 is 22.7 Å². The number of aromatic nitrogens is 17. The van der Waals surface area contributed by atoms with Gasteiger partial charge in [-0.05, 0) is 250 Å². The van der Waals surface area contributed by atoms with E-state index in [1.807, 2.05) is 133 Å². The number of H-pyrrole nitrogens is 10. The lowest BCUT2D eigenvalue weighted by molar-refractivity contribution is 0.493. The number of hydrogen-bond donors (Lipinski definition) is 15. The van der Waals surface area contributed by atoms with E-state index in [0.29, 0.717) is 38.8 Å². The molecule has 27 nitrogen and oxygen atoms in total. The Morgan fingerprint density at radius 1 is 0.307 bits per heavy atom. The van der Waals surface area contributed by atoms with Crippen LogP contribution in [0.5, 0.6) is 0 Å². The molecule has 20 rings (SSSR count). The van der Waals surface area contributed by atoms with E-state index in [1.165, 1.54) is 65.4 Å². The molecule has 5 atom stereocenters. The normalized spacial score (nSPS) is 12.3. The van der Waals surface area contributed by atoms with Crippen molar-refractivity contribution in [2.24, 2.45) is 25.9 Å². The van der Waals surface area contributed by atoms with Crippen LogP contribution in [0.25, 0.3) is 54.5 Å². The summed E-state index contributed by atoms with van der Waals surface area (Å²) in [4.78, 5) is 82.7. The first-order chi connectivity index (χ1) is 67.0. The molecule has 5 unspecified atom stereocenters. The maximum Gasteiger partial charge on any atom is 0.271 e. The molecular weight excluding hydrogens is 1750 g/mol. The van der Waals surface area contributed by atoms with E-state index in [9.17, 15) is 24.0 Å². The molecule has 0 fully saturated rings. The Morgan fingerprint density at radius 2 is 0.635 bits per heavy atom. The van der Waals surface area contributed by atoms with Gasteiger partial charge in [0.1, 0.15) is 17.5 Å². The zero-order valence-electron chi connectivity index (χ0n) is 77.3. The smallest absolute Gasteiger partial charge is 0.271 e. The van der Waals surface area contributed by atoms with Crippen LogP contribution in [-0.4, -0.2) is 98.1 Å². The molecule has 700 valence electrons. The number of fused-ring (bicyclic) bond motifs is 5. The number of nitrogens with one attached hydrogen (secondary N) is 15. The van der Waals surface area contributed by atoms with Gasteiger partial charge in [-0.1, -0.05) is 188 Å². The fourth-order valence-corrected chi connectivity index (χ4v) is 18.8. The number of hydrogen-bond acceptors (Lipinski definition) is 17. The molecule has 0 radical (unpaired) electrons. The zero-order chi connectivity index (χ0) is 94.4. The minimum absolute atomic E-state index is 0.0645. The summed E-state index contributed by atoms with van der Waals surface area (Å²) >= 11 is 3.38. The Balaban J connectivity index is 0.000000124. The molecule has 0 aliphatic rings. The monoisotopic (exact) mass is 1860 g/mol. The lowest BCUT2D eigenvalue weighted by atomic mass is 9.89. The summed E-state index contributed by atoms with van der Waals surface area (Å²) in [6.07, 6.45) is 28.2. The Bertz CT molecular complexity index is 7100. The van der Waals surface area contributed by atoms with Gasteiger partial charge in [-0.2, -0.15) is 0 Å². The zero-order valence-corrected chi connectivity index (χ0v) is 78.9. The molecule has 0 aliphatic carbocycles. The summed E-state index contributed by atoms with van der Waals surface area (Å²) in [6, 6.07) is 89.3. The largest absolute Gasteiger partial charge is 0.369 e. The van der Waals surface area contributed by atoms with Crippen LogP contribution in [0.2, 0.25) is 0 Å². The quantitative estimate of drug-likeness (QED) is 0.0172. The Hall–Kier alpha value is -15.6. The summed E-state index contributed by atoms with van der Waals surface area (Å²) in [5.41, 5.74) is 16.7. The number of anilines is 5. The molecule has 0 spiro atoms. The third-order valence-corrected chi connectivity index (χ3v) is 26.1. The summed E-state index contributed by atoms with van der Waals surface area (Å²) in [6.45, 7) is 5.91. The van der Waals surface area contributed by atoms with E-state index in [-0.39, 0.29) is 45.9 Å². The third kappa shape index (κ3) is 27.3. The second kappa shape index (κ2) is 47.3. The first kappa shape index (κ1) is 94.6. The van der Waals surface area contributed by atoms with Gasteiger partial charge in [0.15, 0.2) is 10.3 Å². The fraction of sp³-hybridized carbons (Fsp3) is 0.241. The molecule has 0 saturated carbocycles. The maximum absolute atomic E-state index is 11.7. The topological polar surface area (TPSA) is 378 Å². The van der Waals surface area contributed by atoms with Crippen molar-refractivity contribution in [3.63, 3.8) is 0 Å². The molecule has 15 N–H and O–H groups in total. The van der Waals surface area contributed by atoms with Crippen molar-refractivity contribution in [1.29, 1.82) is 0 Å². The second-order valence-electron chi connectivity index (χ2n) is 34.9. The number of nitrogens with zero attached hydrogens (tertiary/aromatic N) is 7. The van der Waals surface area contributed by atoms with Crippen LogP contribution in [0.4, 0.5) is 27.7 Å². The SMILES string of the molecule is Cc1cnc(NC(CCCc2ccc3c(=O)[nH][nH]c3c2)c2ccccc2)s1.Cc1cnc(NCCC(Cc2ccccc2)Cc2ccc3c(=O)[nH][nH]c3c2)s1.Cn1cnc(NC(CCCc2ccc3c(=O)[nH][nH]c3c2)c2ccccc2)c1.Cn1cnc(NCCC(Cc2ccccc2)Cc2ccc3c(=O)[nH][nH]c3c2)c1.O=c1[nH][nH]c2cc(CCCC(Nc3ccccn3)c3ccccc3)ccc12. The van der Waals surface area contributed by atoms with Gasteiger partial charge in [-0.25, -0.2) is 24.9 Å². The van der Waals surface area contributed by atoms with Crippen molar-refractivity contribution < 1.29 is 0 Å². The van der Waals surface area contributed by atoms with E-state index in [2.05, 4.69) is 292 Å². The molecule has 0 amide bonds. The van der Waals surface area contributed by atoms with Crippen molar-refractivity contribution in [2.75, 3.05) is 39.7 Å². The Morgan fingerprint density at radius 3 is 0.993 bits per heavy atom. The van der Waals surface area contributed by atoms with Gasteiger partial charge >= 0.3 is 0 Å². The van der Waals surface area contributed by atoms with Gasteiger partial charge in [0, 0.05) is 67.9 Å². The molecule has 20 aromatic rings. The maximum atomic E-state index is 11.7. The molecule has 0 aliphatic heterocycles. The molecule has 137 heavy (non-hydrogen) atoms. The van der Waals surface area contributed by atoms with Crippen LogP contribution < -0.4 is 54.4 Å². The molecule has 10 heterocycles. The number of imidazole rings is 2. The number of thiazole rings is 2. The van der Waals surface area contributed by atoms with Gasteiger partial charge < -0.3 is 35.7 Å². The lowest BCUT2D eigenvalue weighted by Crippen LogP contribution is -2.14. The van der Waals surface area contributed by atoms with Crippen molar-refractivity contribution in [1.82, 2.24) is 85.0 Å². The van der Waals surface area contributed by atoms with E-state index in [4.69, 9.17) is 0 Å². The predicted molar refractivity (Wildman–Crippen MR) is 557 cm³/mol. The second-order valence-corrected chi connectivity index (χ2v) is 37.3. The van der Waals surface area contributed by atoms with Gasteiger partial charge in [0.25, 0.3) is 27.8 Å². The summed E-state index contributed by atoms with van der Waals surface area (Å²) < 4.78 is 3.88. The first-order valence-corrected chi connectivity index (χ1v) is 48.3. The molecule has 0 saturated heterocycles. The van der Waals surface area contributed by atoms with Crippen LogP contribution in [0.3, 0.4) is 0 Å². The summed E-state index contributed by atoms with van der Waals surface area (Å²) in [5.74, 6) is 3.67. The van der Waals surface area contributed by atoms with E-state index in [1.54, 1.807) is 41.5 Å². The Kier molecular flexibility index (Phi) is 32.7. The minimum Gasteiger partial charge on any atom is -0.369 e. The third-order valence-electron chi connectivity index (χ3n) is 24.4. The van der Waals surface area contributed by atoms with Crippen molar-refractivity contribution in [2.45, 2.75) is 128 Å². The van der Waals surface area contributed by atoms with Gasteiger partial charge in [-0.15, -0.1) is 22.7 Å². The van der Waals surface area contributed by atoms with Gasteiger partial charge in [0.05, 0.1) is 85.3 Å². The number of benzene rings is 10. The van der Waals surface area contributed by atoms with Crippen LogP contribution in [-0.2, 0) is 59.0 Å². The Labute approximate surface area is 800 Å². The van der Waals surface area contributed by atoms with Crippen molar-refractivity contribution in [3.8, 4) is 0 Å². The van der Waals surface area contributed by atoms with Gasteiger partial charge in [0.2, 0.25) is 0 Å². The molecule has 10 aromatic heterocycles. The highest BCUT2D eigenvalue weighted by Gasteiger charge is 2.20. The highest BCUT2D eigenvalue weighted by atomic mass is 32.1. The van der Waals surface area contributed by atoms with Crippen molar-refractivity contribution >= 4 is 105 Å². The minimum atomic E-state index is -0.0692. The van der Waals surface area contributed by atoms with Gasteiger partial charge in [-0.3, -0.25) is 75.0 Å². The molecule has 29 heteroatoms. The van der Waals surface area contributed by atoms with E-state index in [0.717, 1.165) is 165 Å². The highest BCUT2D eigenvalue weighted by Crippen LogP contribution is 2.32. The molecular formula is C108H116N22O5S2. The number of aryl methyl sites for hydroxylation is 7. The van der Waals surface area contributed by atoms with Crippen LogP contribution in [0, 0.1) is 25.7 Å². The lowest BCUT2D eigenvalue weighted by Gasteiger charge is -2.20. The number of rotatable bonds is 37. The first-order valence-electron chi connectivity index (χ1n) is 46.7. The number of aromatic amines is 10. The van der Waals surface area contributed by atoms with E-state index >= 15 is 0 Å². The summed E-state index contributed by atoms with van der Waals surface area (Å²) in [7, 11) is 3.94. The van der Waals surface area contributed by atoms with Crippen molar-refractivity contribution in [3.05, 3.63) is 422 Å². The van der Waals surface area contributed by atoms with Crippen LogP contribution in [0.15, 0.2) is 328 Å². The van der Waals surface area contributed by atoms with Crippen LogP contribution in [0.1, 0.15) is 135 Å². The number of pyridine rings is 1. The standard InChI is InChI=1S/C22H25N5O.C22H24N4OS.C22H22N4O.C21H23N5O.C21H22N4OS/c1-27-14-21(24-15-27)23-10-9-18(11-16-5-3-2-4-6-16)12-17-7-8-19-20(13-17)25-26-22(19)28;1-15-14-24-22(28-15)23-10-9-18(11-16-5-3-2-4-6-16)12-17-7-8-19-20(13-17)25-26-21(19)27;27-22-18-13-12-16(15-20(18)25-26-22)7-6-10-19(17-8-2-1-3-9-17)24-21-11-4-5-14-23-21;1-26-13-20(22-14-26)23-18(16-7-3-2-4-8-16)9-5-6-15-10-11-17-19(12-15)24-25-21(17)27;1-14-13-22-21(27-14)23-18(16-7-3-2-4-8-16)9-5-6-15-10-11-17-19(12-15)24-25-20(17)26/h2-8,13-15,18,23H,9-12H2,1H3,(H2,25,26,28);2-8,13-14,18H,9-12H2,1H3,(H,23,24)(H2,25,26,27);1-5,8-9,11-15,19H,6-7,10H2,(H,23,24)(H2,25,26,27);2-4,7-8,10-14,18,23H,5-6,9H2,1H3,(H2,24,25,27);2-4,7-8,10-13,18H,5-6,9H2,1H3,(H,22,23)(H2,24,25,26). The van der Waals surface area contributed by atoms with E-state index < -0.39 is 0 Å². The fourth-order valence-electron chi connectivity index (χ4n) is 17.4. The average molecular weight is 1870 g/mol. The molecule has 10 aromatic carbocycles. The predicted octanol–water partition coefficient (Wildman–Crippen LogP) is 21.0. The highest BCUT2D eigenvalue weighted by molar-refractivity contribution is 7.15. The molecule has 0 bridgehead atoms.